The van der Waals surface area contributed by atoms with Crippen LogP contribution in [0.2, 0.25) is 0 Å². The largest absolute Gasteiger partial charge is 0.352 e. The third-order valence-electron chi connectivity index (χ3n) is 3.37. The summed E-state index contributed by atoms with van der Waals surface area (Å²) in [5, 5.41) is 12.1. The molecule has 0 saturated carbocycles. The van der Waals surface area contributed by atoms with Gasteiger partial charge in [0, 0.05) is 23.4 Å². The van der Waals surface area contributed by atoms with Gasteiger partial charge in [0.25, 0.3) is 0 Å². The van der Waals surface area contributed by atoms with Crippen molar-refractivity contribution in [3.05, 3.63) is 51.9 Å². The van der Waals surface area contributed by atoms with Crippen molar-refractivity contribution in [3.63, 3.8) is 0 Å². The van der Waals surface area contributed by atoms with Gasteiger partial charge in [-0.1, -0.05) is 12.1 Å². The van der Waals surface area contributed by atoms with E-state index in [-0.39, 0.29) is 5.82 Å². The SMILES string of the molecule is Cc1nc(CCNc2nncc(-c3cccc(F)c3)n2)sc1C. The summed E-state index contributed by atoms with van der Waals surface area (Å²) >= 11 is 1.70. The van der Waals surface area contributed by atoms with E-state index >= 15 is 0 Å². The number of benzene rings is 1. The van der Waals surface area contributed by atoms with Crippen LogP contribution in [-0.2, 0) is 6.42 Å². The molecule has 2 heterocycles. The fourth-order valence-electron chi connectivity index (χ4n) is 2.09. The molecule has 0 amide bonds. The van der Waals surface area contributed by atoms with Crippen molar-refractivity contribution < 1.29 is 4.39 Å². The van der Waals surface area contributed by atoms with Crippen LogP contribution in [0.3, 0.4) is 0 Å². The molecule has 0 fully saturated rings. The number of aryl methyl sites for hydroxylation is 2. The number of halogens is 1. The van der Waals surface area contributed by atoms with E-state index in [1.54, 1.807) is 23.5 Å². The van der Waals surface area contributed by atoms with Crippen LogP contribution in [0.5, 0.6) is 0 Å². The lowest BCUT2D eigenvalue weighted by Crippen LogP contribution is -2.09. The van der Waals surface area contributed by atoms with Crippen molar-refractivity contribution in [2.45, 2.75) is 20.3 Å². The average molecular weight is 329 g/mol. The molecule has 0 unspecified atom stereocenters. The third kappa shape index (κ3) is 3.87. The second kappa shape index (κ2) is 6.78. The number of hydrogen-bond acceptors (Lipinski definition) is 6. The molecule has 0 saturated heterocycles. The lowest BCUT2D eigenvalue weighted by molar-refractivity contribution is 0.628. The molecule has 0 radical (unpaired) electrons. The van der Waals surface area contributed by atoms with E-state index in [0.717, 1.165) is 17.1 Å². The summed E-state index contributed by atoms with van der Waals surface area (Å²) in [6.45, 7) is 4.75. The van der Waals surface area contributed by atoms with Crippen molar-refractivity contribution in [1.29, 1.82) is 0 Å². The van der Waals surface area contributed by atoms with E-state index in [0.29, 0.717) is 23.8 Å². The molecule has 3 rings (SSSR count). The van der Waals surface area contributed by atoms with Gasteiger partial charge >= 0.3 is 0 Å². The van der Waals surface area contributed by atoms with E-state index in [1.165, 1.54) is 23.2 Å². The normalized spacial score (nSPS) is 10.7. The summed E-state index contributed by atoms with van der Waals surface area (Å²) in [4.78, 5) is 10.1. The van der Waals surface area contributed by atoms with Crippen molar-refractivity contribution in [3.8, 4) is 11.3 Å². The van der Waals surface area contributed by atoms with E-state index < -0.39 is 0 Å². The number of thiazole rings is 1. The summed E-state index contributed by atoms with van der Waals surface area (Å²) in [6.07, 6.45) is 2.32. The van der Waals surface area contributed by atoms with Gasteiger partial charge in [0.15, 0.2) is 0 Å². The number of nitrogens with zero attached hydrogens (tertiary/aromatic N) is 4. The summed E-state index contributed by atoms with van der Waals surface area (Å²) in [5.74, 6) is 0.127. The lowest BCUT2D eigenvalue weighted by Gasteiger charge is -2.05. The highest BCUT2D eigenvalue weighted by molar-refractivity contribution is 7.11. The minimum absolute atomic E-state index is 0.301. The highest BCUT2D eigenvalue weighted by atomic mass is 32.1. The molecule has 0 bridgehead atoms. The predicted molar refractivity (Wildman–Crippen MR) is 89.0 cm³/mol. The van der Waals surface area contributed by atoms with Crippen LogP contribution < -0.4 is 5.32 Å². The smallest absolute Gasteiger partial charge is 0.243 e. The maximum absolute atomic E-state index is 13.3. The molecule has 0 spiro atoms. The Bertz CT molecular complexity index is 798. The Morgan fingerprint density at radius 2 is 2.09 bits per heavy atom. The summed E-state index contributed by atoms with van der Waals surface area (Å²) < 4.78 is 13.3. The van der Waals surface area contributed by atoms with Gasteiger partial charge in [0.1, 0.15) is 5.82 Å². The van der Waals surface area contributed by atoms with Gasteiger partial charge in [-0.3, -0.25) is 0 Å². The zero-order chi connectivity index (χ0) is 16.2. The van der Waals surface area contributed by atoms with Gasteiger partial charge in [-0.2, -0.15) is 5.10 Å². The molecule has 0 aliphatic rings. The molecule has 1 N–H and O–H groups in total. The van der Waals surface area contributed by atoms with E-state index in [4.69, 9.17) is 0 Å². The number of rotatable bonds is 5. The molecular weight excluding hydrogens is 313 g/mol. The number of hydrogen-bond donors (Lipinski definition) is 1. The molecule has 2 aromatic heterocycles. The van der Waals surface area contributed by atoms with Crippen LogP contribution in [0, 0.1) is 19.7 Å². The Morgan fingerprint density at radius 3 is 2.83 bits per heavy atom. The Kier molecular flexibility index (Phi) is 4.57. The second-order valence-electron chi connectivity index (χ2n) is 5.10. The molecular formula is C16H16FN5S. The monoisotopic (exact) mass is 329 g/mol. The molecule has 0 atom stereocenters. The molecule has 7 heteroatoms. The maximum Gasteiger partial charge on any atom is 0.243 e. The average Bonchev–Trinajstić information content (AvgIpc) is 2.86. The minimum Gasteiger partial charge on any atom is -0.352 e. The van der Waals surface area contributed by atoms with Crippen LogP contribution in [0.15, 0.2) is 30.5 Å². The fourth-order valence-corrected chi connectivity index (χ4v) is 3.03. The standard InChI is InChI=1S/C16H16FN5S/c1-10-11(2)23-15(20-10)6-7-18-16-21-14(9-19-22-16)12-4-3-5-13(17)8-12/h3-5,8-9H,6-7H2,1-2H3,(H,18,21,22). The number of aromatic nitrogens is 4. The Labute approximate surface area is 137 Å². The zero-order valence-corrected chi connectivity index (χ0v) is 13.7. The van der Waals surface area contributed by atoms with Crippen LogP contribution >= 0.6 is 11.3 Å². The first-order valence-electron chi connectivity index (χ1n) is 7.24. The van der Waals surface area contributed by atoms with Gasteiger partial charge in [-0.15, -0.1) is 16.4 Å². The van der Waals surface area contributed by atoms with Gasteiger partial charge in [0.05, 0.1) is 22.6 Å². The molecule has 0 aliphatic carbocycles. The Balaban J connectivity index is 1.66. The molecule has 0 aliphatic heterocycles. The molecule has 118 valence electrons. The molecule has 23 heavy (non-hydrogen) atoms. The zero-order valence-electron chi connectivity index (χ0n) is 12.9. The summed E-state index contributed by atoms with van der Waals surface area (Å²) in [5.41, 5.74) is 2.34. The lowest BCUT2D eigenvalue weighted by atomic mass is 10.2. The second-order valence-corrected chi connectivity index (χ2v) is 6.39. The van der Waals surface area contributed by atoms with E-state index in [9.17, 15) is 4.39 Å². The first-order chi connectivity index (χ1) is 11.1. The van der Waals surface area contributed by atoms with Crippen molar-refractivity contribution in [2.24, 2.45) is 0 Å². The Hall–Kier alpha value is -2.41. The van der Waals surface area contributed by atoms with Gasteiger partial charge in [-0.05, 0) is 26.0 Å². The first kappa shape index (κ1) is 15.5. The third-order valence-corrected chi connectivity index (χ3v) is 4.51. The quantitative estimate of drug-likeness (QED) is 0.777. The molecule has 5 nitrogen and oxygen atoms in total. The van der Waals surface area contributed by atoms with Crippen molar-refractivity contribution in [1.82, 2.24) is 20.2 Å². The van der Waals surface area contributed by atoms with E-state index in [2.05, 4.69) is 32.4 Å². The van der Waals surface area contributed by atoms with Crippen LogP contribution in [0.1, 0.15) is 15.6 Å². The van der Waals surface area contributed by atoms with Gasteiger partial charge < -0.3 is 5.32 Å². The summed E-state index contributed by atoms with van der Waals surface area (Å²) in [7, 11) is 0. The van der Waals surface area contributed by atoms with Gasteiger partial charge in [-0.25, -0.2) is 14.4 Å². The fraction of sp³-hybridized carbons (Fsp3) is 0.250. The molecule has 1 aromatic carbocycles. The highest BCUT2D eigenvalue weighted by Crippen LogP contribution is 2.18. The van der Waals surface area contributed by atoms with Gasteiger partial charge in [0.2, 0.25) is 5.95 Å². The van der Waals surface area contributed by atoms with Crippen LogP contribution in [-0.4, -0.2) is 26.7 Å². The minimum atomic E-state index is -0.301. The predicted octanol–water partition coefficient (Wildman–Crippen LogP) is 3.41. The number of nitrogens with one attached hydrogen (secondary N) is 1. The van der Waals surface area contributed by atoms with Crippen LogP contribution in [0.4, 0.5) is 10.3 Å². The van der Waals surface area contributed by atoms with Crippen LogP contribution in [0.25, 0.3) is 11.3 Å². The number of anilines is 1. The Morgan fingerprint density at radius 1 is 1.22 bits per heavy atom. The maximum atomic E-state index is 13.3. The van der Waals surface area contributed by atoms with E-state index in [1.807, 2.05) is 6.92 Å². The summed E-state index contributed by atoms with van der Waals surface area (Å²) in [6, 6.07) is 6.26. The molecule has 3 aromatic rings. The first-order valence-corrected chi connectivity index (χ1v) is 8.06. The topological polar surface area (TPSA) is 63.6 Å². The van der Waals surface area contributed by atoms with Crippen molar-refractivity contribution in [2.75, 3.05) is 11.9 Å². The highest BCUT2D eigenvalue weighted by Gasteiger charge is 2.06. The van der Waals surface area contributed by atoms with Crippen molar-refractivity contribution >= 4 is 17.3 Å².